The van der Waals surface area contributed by atoms with E-state index in [0.717, 1.165) is 32.0 Å². The summed E-state index contributed by atoms with van der Waals surface area (Å²) >= 11 is 0. The molecule has 1 heterocycles. The normalized spacial score (nSPS) is 16.2. The molecule has 0 bridgehead atoms. The molecule has 0 unspecified atom stereocenters. The number of likely N-dealkylation sites (tertiary alicyclic amines) is 1. The fraction of sp³-hybridized carbons (Fsp3) is 0.579. The predicted molar refractivity (Wildman–Crippen MR) is 114 cm³/mol. The van der Waals surface area contributed by atoms with Crippen LogP contribution in [0.3, 0.4) is 0 Å². The fourth-order valence-electron chi connectivity index (χ4n) is 2.97. The van der Waals surface area contributed by atoms with Crippen LogP contribution in [0.4, 0.5) is 4.39 Å². The SMILES string of the molecule is CCNC(=NCCNC(=O)Cc1cccc(F)c1)N1CCC(C)(C)C1.I. The van der Waals surface area contributed by atoms with Crippen LogP contribution in [0, 0.1) is 11.2 Å². The topological polar surface area (TPSA) is 56.7 Å². The van der Waals surface area contributed by atoms with Gasteiger partial charge in [0.1, 0.15) is 5.82 Å². The fourth-order valence-corrected chi connectivity index (χ4v) is 2.97. The number of rotatable bonds is 6. The summed E-state index contributed by atoms with van der Waals surface area (Å²) in [5.41, 5.74) is 0.990. The molecule has 0 aliphatic carbocycles. The van der Waals surface area contributed by atoms with Crippen molar-refractivity contribution in [3.63, 3.8) is 0 Å². The molecule has 1 aromatic rings. The first kappa shape index (κ1) is 22.7. The molecule has 26 heavy (non-hydrogen) atoms. The quantitative estimate of drug-likeness (QED) is 0.288. The van der Waals surface area contributed by atoms with Crippen LogP contribution < -0.4 is 10.6 Å². The van der Waals surface area contributed by atoms with Crippen LogP contribution in [0.1, 0.15) is 32.8 Å². The van der Waals surface area contributed by atoms with Crippen molar-refractivity contribution in [2.24, 2.45) is 10.4 Å². The summed E-state index contributed by atoms with van der Waals surface area (Å²) < 4.78 is 13.1. The van der Waals surface area contributed by atoms with E-state index in [1.807, 2.05) is 0 Å². The number of carbonyl (C=O) groups is 1. The number of nitrogens with one attached hydrogen (secondary N) is 2. The molecule has 1 amide bonds. The smallest absolute Gasteiger partial charge is 0.224 e. The minimum Gasteiger partial charge on any atom is -0.357 e. The van der Waals surface area contributed by atoms with Gasteiger partial charge in [0.05, 0.1) is 13.0 Å². The van der Waals surface area contributed by atoms with Crippen LogP contribution in [0.5, 0.6) is 0 Å². The Morgan fingerprint density at radius 2 is 2.12 bits per heavy atom. The summed E-state index contributed by atoms with van der Waals surface area (Å²) in [7, 11) is 0. The van der Waals surface area contributed by atoms with Crippen LogP contribution in [-0.2, 0) is 11.2 Å². The molecule has 7 heteroatoms. The van der Waals surface area contributed by atoms with E-state index in [4.69, 9.17) is 0 Å². The van der Waals surface area contributed by atoms with Gasteiger partial charge in [-0.15, -0.1) is 24.0 Å². The molecule has 5 nitrogen and oxygen atoms in total. The van der Waals surface area contributed by atoms with Gasteiger partial charge in [0, 0.05) is 26.2 Å². The number of benzene rings is 1. The molecule has 0 radical (unpaired) electrons. The second kappa shape index (κ2) is 10.7. The number of amides is 1. The van der Waals surface area contributed by atoms with Gasteiger partial charge in [0.15, 0.2) is 5.96 Å². The molecule has 0 spiro atoms. The maximum Gasteiger partial charge on any atom is 0.224 e. The minimum atomic E-state index is -0.321. The Morgan fingerprint density at radius 1 is 1.35 bits per heavy atom. The Balaban J connectivity index is 0.00000338. The molecule has 1 saturated heterocycles. The van der Waals surface area contributed by atoms with Crippen molar-refractivity contribution in [3.8, 4) is 0 Å². The molecule has 0 atom stereocenters. The Kier molecular flexibility index (Phi) is 9.32. The Morgan fingerprint density at radius 3 is 2.73 bits per heavy atom. The lowest BCUT2D eigenvalue weighted by Crippen LogP contribution is -2.41. The number of aliphatic imine (C=N–C) groups is 1. The number of hydrogen-bond donors (Lipinski definition) is 2. The summed E-state index contributed by atoms with van der Waals surface area (Å²) in [5, 5.41) is 6.16. The standard InChI is InChI=1S/C19H29FN4O.HI/c1-4-21-18(24-11-8-19(2,3)14-24)23-10-9-22-17(25)13-15-6-5-7-16(20)12-15;/h5-7,12H,4,8-11,13-14H2,1-3H3,(H,21,23)(H,22,25);1H. The largest absolute Gasteiger partial charge is 0.357 e. The van der Waals surface area contributed by atoms with Crippen molar-refractivity contribution in [3.05, 3.63) is 35.6 Å². The Bertz CT molecular complexity index is 621. The molecule has 1 fully saturated rings. The third-order valence-corrected chi connectivity index (χ3v) is 4.26. The van der Waals surface area contributed by atoms with Gasteiger partial charge < -0.3 is 15.5 Å². The first-order valence-electron chi connectivity index (χ1n) is 8.94. The minimum absolute atomic E-state index is 0. The number of nitrogens with zero attached hydrogens (tertiary/aromatic N) is 2. The first-order chi connectivity index (χ1) is 11.9. The van der Waals surface area contributed by atoms with Crippen molar-refractivity contribution in [2.75, 3.05) is 32.7 Å². The van der Waals surface area contributed by atoms with Gasteiger partial charge in [-0.3, -0.25) is 9.79 Å². The van der Waals surface area contributed by atoms with Gasteiger partial charge in [-0.2, -0.15) is 0 Å². The summed E-state index contributed by atoms with van der Waals surface area (Å²) in [4.78, 5) is 18.8. The van der Waals surface area contributed by atoms with Gasteiger partial charge in [-0.05, 0) is 36.5 Å². The zero-order valence-corrected chi connectivity index (χ0v) is 18.2. The summed E-state index contributed by atoms with van der Waals surface area (Å²) in [5.74, 6) is 0.472. The lowest BCUT2D eigenvalue weighted by molar-refractivity contribution is -0.120. The van der Waals surface area contributed by atoms with Crippen molar-refractivity contribution < 1.29 is 9.18 Å². The average Bonchev–Trinajstić information content (AvgIpc) is 2.90. The molecular weight excluding hydrogens is 446 g/mol. The Labute approximate surface area is 172 Å². The van der Waals surface area contributed by atoms with E-state index >= 15 is 0 Å². The molecule has 0 saturated carbocycles. The van der Waals surface area contributed by atoms with Crippen LogP contribution in [0.15, 0.2) is 29.3 Å². The van der Waals surface area contributed by atoms with Crippen molar-refractivity contribution in [1.29, 1.82) is 0 Å². The molecule has 1 aliphatic heterocycles. The van der Waals surface area contributed by atoms with Gasteiger partial charge in [0.25, 0.3) is 0 Å². The molecule has 2 N–H and O–H groups in total. The van der Waals surface area contributed by atoms with Gasteiger partial charge in [0.2, 0.25) is 5.91 Å². The molecule has 1 aliphatic rings. The predicted octanol–water partition coefficient (Wildman–Crippen LogP) is 2.80. The van der Waals surface area contributed by atoms with Crippen LogP contribution >= 0.6 is 24.0 Å². The van der Waals surface area contributed by atoms with E-state index in [-0.39, 0.29) is 42.1 Å². The highest BCUT2D eigenvalue weighted by Crippen LogP contribution is 2.28. The third-order valence-electron chi connectivity index (χ3n) is 4.26. The highest BCUT2D eigenvalue weighted by Gasteiger charge is 2.30. The summed E-state index contributed by atoms with van der Waals surface area (Å²) in [6, 6.07) is 6.12. The second-order valence-corrected chi connectivity index (χ2v) is 7.23. The van der Waals surface area contributed by atoms with Crippen molar-refractivity contribution in [1.82, 2.24) is 15.5 Å². The summed E-state index contributed by atoms with van der Waals surface area (Å²) in [6.07, 6.45) is 1.34. The van der Waals surface area contributed by atoms with Gasteiger partial charge >= 0.3 is 0 Å². The molecule has 0 aromatic heterocycles. The molecule has 146 valence electrons. The van der Waals surface area contributed by atoms with Crippen LogP contribution in [-0.4, -0.2) is 49.5 Å². The lowest BCUT2D eigenvalue weighted by atomic mass is 9.93. The Hall–Kier alpha value is -1.38. The summed E-state index contributed by atoms with van der Waals surface area (Å²) in [6.45, 7) is 10.4. The maximum absolute atomic E-state index is 13.1. The highest BCUT2D eigenvalue weighted by molar-refractivity contribution is 14.0. The number of hydrogen-bond acceptors (Lipinski definition) is 2. The van der Waals surface area contributed by atoms with E-state index in [1.165, 1.54) is 12.1 Å². The van der Waals surface area contributed by atoms with Crippen molar-refractivity contribution >= 4 is 35.8 Å². The lowest BCUT2D eigenvalue weighted by Gasteiger charge is -2.23. The monoisotopic (exact) mass is 476 g/mol. The number of guanidine groups is 1. The van der Waals surface area contributed by atoms with Crippen molar-refractivity contribution in [2.45, 2.75) is 33.6 Å². The molecular formula is C19H30FIN4O. The third kappa shape index (κ3) is 7.47. The van der Waals surface area contributed by atoms with E-state index < -0.39 is 0 Å². The van der Waals surface area contributed by atoms with Gasteiger partial charge in [-0.25, -0.2) is 4.39 Å². The average molecular weight is 476 g/mol. The molecule has 1 aromatic carbocycles. The highest BCUT2D eigenvalue weighted by atomic mass is 127. The first-order valence-corrected chi connectivity index (χ1v) is 8.94. The molecule has 2 rings (SSSR count). The zero-order valence-electron chi connectivity index (χ0n) is 15.8. The van der Waals surface area contributed by atoms with E-state index in [1.54, 1.807) is 12.1 Å². The van der Waals surface area contributed by atoms with E-state index in [2.05, 4.69) is 41.3 Å². The second-order valence-electron chi connectivity index (χ2n) is 7.23. The van der Waals surface area contributed by atoms with E-state index in [9.17, 15) is 9.18 Å². The number of carbonyl (C=O) groups excluding carboxylic acids is 1. The zero-order chi connectivity index (χ0) is 18.3. The van der Waals surface area contributed by atoms with Crippen LogP contribution in [0.25, 0.3) is 0 Å². The maximum atomic E-state index is 13.1. The van der Waals surface area contributed by atoms with E-state index in [0.29, 0.717) is 24.1 Å². The van der Waals surface area contributed by atoms with Gasteiger partial charge in [-0.1, -0.05) is 26.0 Å². The number of halogens is 2. The van der Waals surface area contributed by atoms with Crippen LogP contribution in [0.2, 0.25) is 0 Å².